The van der Waals surface area contributed by atoms with Gasteiger partial charge in [-0.05, 0) is 18.6 Å². The van der Waals surface area contributed by atoms with Gasteiger partial charge in [-0.15, -0.1) is 0 Å². The van der Waals surface area contributed by atoms with Crippen LogP contribution in [0.3, 0.4) is 0 Å². The van der Waals surface area contributed by atoms with Gasteiger partial charge in [-0.25, -0.2) is 4.98 Å². The molecule has 0 aliphatic carbocycles. The number of hydrogen-bond acceptors (Lipinski definition) is 4. The average Bonchev–Trinajstić information content (AvgIpc) is 2.85. The van der Waals surface area contributed by atoms with Crippen molar-refractivity contribution < 1.29 is 4.92 Å². The fourth-order valence-electron chi connectivity index (χ4n) is 2.21. The first-order chi connectivity index (χ1) is 10.0. The van der Waals surface area contributed by atoms with E-state index in [1.807, 2.05) is 35.9 Å². The van der Waals surface area contributed by atoms with Crippen LogP contribution in [0.2, 0.25) is 0 Å². The van der Waals surface area contributed by atoms with E-state index in [-0.39, 0.29) is 17.8 Å². The quantitative estimate of drug-likeness (QED) is 0.542. The van der Waals surface area contributed by atoms with Crippen molar-refractivity contribution in [1.82, 2.24) is 14.0 Å². The van der Waals surface area contributed by atoms with Gasteiger partial charge < -0.3 is 8.97 Å². The summed E-state index contributed by atoms with van der Waals surface area (Å²) in [5.74, 6) is 0. The molecule has 0 fully saturated rings. The molecule has 21 heavy (non-hydrogen) atoms. The molecule has 0 aliphatic rings. The van der Waals surface area contributed by atoms with Crippen LogP contribution >= 0.6 is 0 Å². The van der Waals surface area contributed by atoms with E-state index in [1.54, 1.807) is 0 Å². The SMILES string of the molecule is Cc1cccn2cc(Cn3cc([N+](=O)[O-])ccc3=O)nc12. The summed E-state index contributed by atoms with van der Waals surface area (Å²) >= 11 is 0. The Bertz CT molecular complexity index is 895. The second kappa shape index (κ2) is 4.86. The highest BCUT2D eigenvalue weighted by molar-refractivity contribution is 5.47. The minimum absolute atomic E-state index is 0.116. The molecule has 3 aromatic rings. The molecule has 0 aromatic carbocycles. The van der Waals surface area contributed by atoms with Gasteiger partial charge in [0.05, 0.1) is 23.4 Å². The number of nitro groups is 1. The molecule has 0 unspecified atom stereocenters. The lowest BCUT2D eigenvalue weighted by Crippen LogP contribution is -2.19. The van der Waals surface area contributed by atoms with Crippen LogP contribution in [-0.4, -0.2) is 18.9 Å². The third-order valence-electron chi connectivity index (χ3n) is 3.24. The largest absolute Gasteiger partial charge is 0.307 e. The van der Waals surface area contributed by atoms with E-state index in [4.69, 9.17) is 0 Å². The monoisotopic (exact) mass is 284 g/mol. The molecule has 7 heteroatoms. The van der Waals surface area contributed by atoms with Crippen LogP contribution < -0.4 is 5.56 Å². The highest BCUT2D eigenvalue weighted by Crippen LogP contribution is 2.12. The number of rotatable bonds is 3. The van der Waals surface area contributed by atoms with Crippen LogP contribution in [0, 0.1) is 17.0 Å². The van der Waals surface area contributed by atoms with Gasteiger partial charge >= 0.3 is 0 Å². The van der Waals surface area contributed by atoms with Crippen molar-refractivity contribution in [3.8, 4) is 0 Å². The van der Waals surface area contributed by atoms with Crippen molar-refractivity contribution in [2.75, 3.05) is 0 Å². The maximum Gasteiger partial charge on any atom is 0.285 e. The summed E-state index contributed by atoms with van der Waals surface area (Å²) in [6.07, 6.45) is 4.92. The molecule has 0 radical (unpaired) electrons. The highest BCUT2D eigenvalue weighted by Gasteiger charge is 2.10. The predicted octanol–water partition coefficient (Wildman–Crippen LogP) is 1.76. The molecule has 3 heterocycles. The van der Waals surface area contributed by atoms with Crippen LogP contribution in [0.1, 0.15) is 11.3 Å². The Hall–Kier alpha value is -2.96. The van der Waals surface area contributed by atoms with Crippen LogP contribution in [-0.2, 0) is 6.54 Å². The number of pyridine rings is 2. The standard InChI is InChI=1S/C14H12N4O3/c1-10-3-2-6-16-7-11(15-14(10)16)8-17-9-12(18(20)21)4-5-13(17)19/h2-7,9H,8H2,1H3. The molecule has 3 rings (SSSR count). The predicted molar refractivity (Wildman–Crippen MR) is 76.4 cm³/mol. The lowest BCUT2D eigenvalue weighted by atomic mass is 10.3. The van der Waals surface area contributed by atoms with Crippen molar-refractivity contribution in [2.24, 2.45) is 0 Å². The molecule has 0 saturated heterocycles. The van der Waals surface area contributed by atoms with E-state index in [9.17, 15) is 14.9 Å². The topological polar surface area (TPSA) is 82.4 Å². The molecule has 0 atom stereocenters. The lowest BCUT2D eigenvalue weighted by Gasteiger charge is -2.02. The van der Waals surface area contributed by atoms with E-state index in [0.29, 0.717) is 5.69 Å². The van der Waals surface area contributed by atoms with Crippen molar-refractivity contribution >= 4 is 11.3 Å². The summed E-state index contributed by atoms with van der Waals surface area (Å²) in [6.45, 7) is 2.15. The Morgan fingerprint density at radius 2 is 2.10 bits per heavy atom. The Morgan fingerprint density at radius 3 is 2.81 bits per heavy atom. The molecule has 7 nitrogen and oxygen atoms in total. The maximum atomic E-state index is 11.8. The summed E-state index contributed by atoms with van der Waals surface area (Å²) in [6, 6.07) is 6.25. The number of fused-ring (bicyclic) bond motifs is 1. The zero-order valence-corrected chi connectivity index (χ0v) is 11.3. The minimum atomic E-state index is -0.524. The van der Waals surface area contributed by atoms with Gasteiger partial charge in [0, 0.05) is 24.5 Å². The average molecular weight is 284 g/mol. The number of nitrogens with zero attached hydrogens (tertiary/aromatic N) is 4. The van der Waals surface area contributed by atoms with Gasteiger partial charge in [-0.3, -0.25) is 14.9 Å². The Kier molecular flexibility index (Phi) is 3.02. The Balaban J connectivity index is 2.02. The van der Waals surface area contributed by atoms with E-state index < -0.39 is 4.92 Å². The minimum Gasteiger partial charge on any atom is -0.307 e. The zero-order chi connectivity index (χ0) is 15.0. The van der Waals surface area contributed by atoms with E-state index in [0.717, 1.165) is 11.2 Å². The smallest absolute Gasteiger partial charge is 0.285 e. The first kappa shape index (κ1) is 13.0. The molecule has 0 spiro atoms. The van der Waals surface area contributed by atoms with Gasteiger partial charge in [0.25, 0.3) is 11.2 Å². The Labute approximate surface area is 119 Å². The fraction of sp³-hybridized carbons (Fsp3) is 0.143. The summed E-state index contributed by atoms with van der Waals surface area (Å²) in [5, 5.41) is 10.8. The molecule has 0 bridgehead atoms. The molecular formula is C14H12N4O3. The first-order valence-electron chi connectivity index (χ1n) is 6.33. The highest BCUT2D eigenvalue weighted by atomic mass is 16.6. The number of hydrogen-bond donors (Lipinski definition) is 0. The van der Waals surface area contributed by atoms with Gasteiger partial charge in [0.1, 0.15) is 5.65 Å². The van der Waals surface area contributed by atoms with E-state index >= 15 is 0 Å². The van der Waals surface area contributed by atoms with Crippen LogP contribution in [0.15, 0.2) is 47.7 Å². The van der Waals surface area contributed by atoms with Gasteiger partial charge in [-0.2, -0.15) is 0 Å². The second-order valence-corrected chi connectivity index (χ2v) is 4.76. The van der Waals surface area contributed by atoms with Crippen molar-refractivity contribution in [3.05, 3.63) is 74.6 Å². The fourth-order valence-corrected chi connectivity index (χ4v) is 2.21. The molecular weight excluding hydrogens is 272 g/mol. The number of aryl methyl sites for hydroxylation is 1. The van der Waals surface area contributed by atoms with E-state index in [1.165, 1.54) is 22.9 Å². The molecule has 0 saturated carbocycles. The van der Waals surface area contributed by atoms with Gasteiger partial charge in [0.15, 0.2) is 0 Å². The van der Waals surface area contributed by atoms with Crippen LogP contribution in [0.5, 0.6) is 0 Å². The molecule has 0 amide bonds. The van der Waals surface area contributed by atoms with Crippen molar-refractivity contribution in [1.29, 1.82) is 0 Å². The molecule has 3 aromatic heterocycles. The molecule has 106 valence electrons. The second-order valence-electron chi connectivity index (χ2n) is 4.76. The molecule has 0 aliphatic heterocycles. The van der Waals surface area contributed by atoms with Gasteiger partial charge in [-0.1, -0.05) is 6.07 Å². The van der Waals surface area contributed by atoms with Crippen LogP contribution in [0.25, 0.3) is 5.65 Å². The van der Waals surface area contributed by atoms with E-state index in [2.05, 4.69) is 4.98 Å². The number of aromatic nitrogens is 3. The van der Waals surface area contributed by atoms with Crippen molar-refractivity contribution in [3.63, 3.8) is 0 Å². The third kappa shape index (κ3) is 2.40. The zero-order valence-electron chi connectivity index (χ0n) is 11.3. The van der Waals surface area contributed by atoms with Crippen LogP contribution in [0.4, 0.5) is 5.69 Å². The maximum absolute atomic E-state index is 11.8. The van der Waals surface area contributed by atoms with Crippen molar-refractivity contribution in [2.45, 2.75) is 13.5 Å². The van der Waals surface area contributed by atoms with Gasteiger partial charge in [0.2, 0.25) is 0 Å². The Morgan fingerprint density at radius 1 is 1.29 bits per heavy atom. The lowest BCUT2D eigenvalue weighted by molar-refractivity contribution is -0.385. The number of imidazole rings is 1. The summed E-state index contributed by atoms with van der Waals surface area (Å²) in [7, 11) is 0. The molecule has 0 N–H and O–H groups in total. The summed E-state index contributed by atoms with van der Waals surface area (Å²) in [4.78, 5) is 26.5. The summed E-state index contributed by atoms with van der Waals surface area (Å²) < 4.78 is 3.16. The third-order valence-corrected chi connectivity index (χ3v) is 3.24. The summed E-state index contributed by atoms with van der Waals surface area (Å²) in [5.41, 5.74) is 2.09. The first-order valence-corrected chi connectivity index (χ1v) is 6.33. The normalized spacial score (nSPS) is 10.9.